The van der Waals surface area contributed by atoms with E-state index >= 15 is 0 Å². The monoisotopic (exact) mass is 1550 g/mol. The van der Waals surface area contributed by atoms with Crippen LogP contribution >= 0.6 is 15.6 Å². The predicted octanol–water partition coefficient (Wildman–Crippen LogP) is 24.8. The Hall–Kier alpha value is -5.32. The van der Waals surface area contributed by atoms with E-state index in [1.54, 1.807) is 0 Å². The van der Waals surface area contributed by atoms with Crippen LogP contribution in [0.25, 0.3) is 0 Å². The van der Waals surface area contributed by atoms with Crippen LogP contribution in [0.3, 0.4) is 0 Å². The summed E-state index contributed by atoms with van der Waals surface area (Å²) in [5.74, 6) is -2.26. The number of hydrogen-bond acceptors (Lipinski definition) is 15. The zero-order chi connectivity index (χ0) is 78.9. The highest BCUT2D eigenvalue weighted by Gasteiger charge is 2.30. The molecule has 0 aromatic rings. The van der Waals surface area contributed by atoms with Gasteiger partial charge in [0.05, 0.1) is 26.4 Å². The van der Waals surface area contributed by atoms with Gasteiger partial charge in [0, 0.05) is 25.7 Å². The van der Waals surface area contributed by atoms with E-state index in [-0.39, 0.29) is 25.7 Å². The lowest BCUT2D eigenvalue weighted by Gasteiger charge is -2.21. The average Bonchev–Trinajstić information content (AvgIpc) is 0.923. The van der Waals surface area contributed by atoms with Crippen molar-refractivity contribution in [1.82, 2.24) is 0 Å². The lowest BCUT2D eigenvalue weighted by Crippen LogP contribution is -2.30. The van der Waals surface area contributed by atoms with E-state index in [1.807, 2.05) is 0 Å². The molecule has 17 nitrogen and oxygen atoms in total. The molecule has 616 valence electrons. The largest absolute Gasteiger partial charge is 0.472 e. The Balaban J connectivity index is 5.43. The Labute approximate surface area is 655 Å². The van der Waals surface area contributed by atoms with Gasteiger partial charge in [-0.15, -0.1) is 0 Å². The molecule has 0 amide bonds. The van der Waals surface area contributed by atoms with Crippen LogP contribution in [0.15, 0.2) is 158 Å². The van der Waals surface area contributed by atoms with Crippen molar-refractivity contribution in [2.24, 2.45) is 0 Å². The molecule has 0 aliphatic rings. The highest BCUT2D eigenvalue weighted by molar-refractivity contribution is 7.47. The van der Waals surface area contributed by atoms with Crippen LogP contribution in [0.4, 0.5) is 0 Å². The minimum absolute atomic E-state index is 0.0343. The summed E-state index contributed by atoms with van der Waals surface area (Å²) in [6.45, 7) is 4.46. The molecule has 5 atom stereocenters. The molecule has 0 aromatic carbocycles. The SMILES string of the molecule is CC/C=C\C/C=C\C/C=C\C/C=C\CCCCCCCCC(=O)OCC(COP(=O)(O)OCC(O)COP(=O)(O)OCC(COC(=O)CCCCCCCC/C=C\C/C=C\C/C=C\C/C=C\CC)OC(=O)CCCCCCC/C=C\CCCCCCCC)OC(=O)CCCC/C=C\C/C=C\C/C=C\C/C=C\CC. The Kier molecular flexibility index (Phi) is 75.8. The van der Waals surface area contributed by atoms with Gasteiger partial charge in [-0.3, -0.25) is 37.3 Å². The van der Waals surface area contributed by atoms with Crippen LogP contribution in [-0.2, 0) is 65.4 Å². The van der Waals surface area contributed by atoms with Gasteiger partial charge in [0.2, 0.25) is 0 Å². The Bertz CT molecular complexity index is 2660. The van der Waals surface area contributed by atoms with Crippen LogP contribution in [0.2, 0.25) is 0 Å². The smallest absolute Gasteiger partial charge is 0.462 e. The maximum absolute atomic E-state index is 13.1. The summed E-state index contributed by atoms with van der Waals surface area (Å²) < 4.78 is 68.7. The second-order valence-corrected chi connectivity index (χ2v) is 30.2. The van der Waals surface area contributed by atoms with Crippen molar-refractivity contribution in [1.29, 1.82) is 0 Å². The van der Waals surface area contributed by atoms with Crippen molar-refractivity contribution in [3.8, 4) is 0 Å². The number of carbonyl (C=O) groups is 4. The Morgan fingerprint density at radius 2 is 0.481 bits per heavy atom. The third-order valence-corrected chi connectivity index (χ3v) is 18.9. The first kappa shape index (κ1) is 103. The molecule has 0 bridgehead atoms. The second-order valence-electron chi connectivity index (χ2n) is 27.3. The molecule has 0 saturated carbocycles. The molecule has 0 spiro atoms. The molecule has 0 aromatic heterocycles. The van der Waals surface area contributed by atoms with Gasteiger partial charge in [0.1, 0.15) is 19.3 Å². The quantitative estimate of drug-likeness (QED) is 0.0169. The molecule has 108 heavy (non-hydrogen) atoms. The number of rotatable bonds is 77. The van der Waals surface area contributed by atoms with Crippen LogP contribution in [0.5, 0.6) is 0 Å². The van der Waals surface area contributed by atoms with Gasteiger partial charge < -0.3 is 33.8 Å². The summed E-state index contributed by atoms with van der Waals surface area (Å²) in [7, 11) is -10.00. The molecular weight excluding hydrogens is 1400 g/mol. The molecule has 5 unspecified atom stereocenters. The van der Waals surface area contributed by atoms with Gasteiger partial charge in [0.15, 0.2) is 12.2 Å². The Morgan fingerprint density at radius 3 is 0.769 bits per heavy atom. The van der Waals surface area contributed by atoms with Crippen LogP contribution in [0.1, 0.15) is 323 Å². The molecule has 3 N–H and O–H groups in total. The van der Waals surface area contributed by atoms with Gasteiger partial charge >= 0.3 is 39.5 Å². The number of aliphatic hydroxyl groups excluding tert-OH is 1. The summed E-state index contributed by atoms with van der Waals surface area (Å²) in [6, 6.07) is 0. The van der Waals surface area contributed by atoms with E-state index in [0.29, 0.717) is 32.1 Å². The highest BCUT2D eigenvalue weighted by Crippen LogP contribution is 2.45. The maximum atomic E-state index is 13.1. The first-order valence-electron chi connectivity index (χ1n) is 41.7. The topological polar surface area (TPSA) is 237 Å². The van der Waals surface area contributed by atoms with Crippen LogP contribution < -0.4 is 0 Å². The molecule has 0 aliphatic heterocycles. The summed E-state index contributed by atoms with van der Waals surface area (Å²) in [5.41, 5.74) is 0. The molecule has 0 fully saturated rings. The van der Waals surface area contributed by atoms with Crippen molar-refractivity contribution in [3.63, 3.8) is 0 Å². The first-order chi connectivity index (χ1) is 52.7. The number of allylic oxidation sites excluding steroid dienone is 26. The van der Waals surface area contributed by atoms with E-state index in [0.717, 1.165) is 199 Å². The molecule has 0 aliphatic carbocycles. The first-order valence-corrected chi connectivity index (χ1v) is 44.7. The van der Waals surface area contributed by atoms with E-state index < -0.39 is 97.5 Å². The third kappa shape index (κ3) is 78.8. The fourth-order valence-corrected chi connectivity index (χ4v) is 12.3. The number of aliphatic hydroxyl groups is 1. The van der Waals surface area contributed by atoms with Gasteiger partial charge in [-0.25, -0.2) is 9.13 Å². The minimum atomic E-state index is -5.00. The van der Waals surface area contributed by atoms with Crippen molar-refractivity contribution in [2.75, 3.05) is 39.6 Å². The van der Waals surface area contributed by atoms with Gasteiger partial charge in [-0.1, -0.05) is 288 Å². The molecule has 19 heteroatoms. The average molecular weight is 1550 g/mol. The van der Waals surface area contributed by atoms with Gasteiger partial charge in [0.25, 0.3) is 0 Å². The van der Waals surface area contributed by atoms with Gasteiger partial charge in [-0.2, -0.15) is 0 Å². The number of ether oxygens (including phenoxy) is 4. The third-order valence-electron chi connectivity index (χ3n) is 17.0. The lowest BCUT2D eigenvalue weighted by molar-refractivity contribution is -0.161. The highest BCUT2D eigenvalue weighted by atomic mass is 31.2. The maximum Gasteiger partial charge on any atom is 0.472 e. The van der Waals surface area contributed by atoms with E-state index in [9.17, 15) is 43.2 Å². The minimum Gasteiger partial charge on any atom is -0.462 e. The summed E-state index contributed by atoms with van der Waals surface area (Å²) >= 11 is 0. The molecular formula is C89H148O17P2. The predicted molar refractivity (Wildman–Crippen MR) is 445 cm³/mol. The van der Waals surface area contributed by atoms with Crippen LogP contribution in [0, 0.1) is 0 Å². The van der Waals surface area contributed by atoms with E-state index in [2.05, 4.69) is 186 Å². The lowest BCUT2D eigenvalue weighted by atomic mass is 10.1. The molecule has 0 saturated heterocycles. The summed E-state index contributed by atoms with van der Waals surface area (Å²) in [6.07, 6.45) is 93.5. The number of unbranched alkanes of at least 4 members (excludes halogenated alkanes) is 25. The summed E-state index contributed by atoms with van der Waals surface area (Å²) in [5, 5.41) is 10.7. The van der Waals surface area contributed by atoms with Gasteiger partial charge in [-0.05, 0) is 167 Å². The fourth-order valence-electron chi connectivity index (χ4n) is 10.7. The van der Waals surface area contributed by atoms with Crippen molar-refractivity contribution in [2.45, 2.75) is 341 Å². The van der Waals surface area contributed by atoms with Crippen LogP contribution in [-0.4, -0.2) is 96.7 Å². The zero-order valence-electron chi connectivity index (χ0n) is 67.5. The second kappa shape index (κ2) is 79.8. The fraction of sp³-hybridized carbons (Fsp3) is 0.663. The number of esters is 4. The van der Waals surface area contributed by atoms with E-state index in [4.69, 9.17) is 37.0 Å². The Morgan fingerprint density at radius 1 is 0.269 bits per heavy atom. The van der Waals surface area contributed by atoms with Crippen molar-refractivity contribution >= 4 is 39.5 Å². The molecule has 0 heterocycles. The standard InChI is InChI=1S/C89H148O17P2/c1-5-9-13-17-21-25-29-33-37-39-41-43-47-49-53-57-61-65-69-73-86(91)99-79-84(105-88(93)75-71-67-63-59-55-51-45-35-31-27-23-19-15-11-7-3)81-103-107(95,96)101-77-83(90)78-102-108(97,98)104-82-85(106-89(94)76-72-68-64-60-56-52-46-36-32-28-24-20-16-12-8-4)80-100-87(92)74-70-66-62-58-54-50-48-44-42-40-38-34-30-26-22-18-14-10-6-2/h9-11,13-15,21-23,25-27,33-38,41-46,55,59,83-85,90H,5-8,12,16-20,24,28-32,39-40,47-54,56-58,60-82H2,1-4H3,(H,95,96)(H,97,98)/b13-9-,14-10-,15-11-,25-21-,26-22-,27-23-,37-33-,38-34-,43-41-,44-42-,45-35-,46-36-,59-55-. The molecule has 0 radical (unpaired) electrons. The van der Waals surface area contributed by atoms with E-state index in [1.165, 1.54) is 38.5 Å². The number of phosphoric ester groups is 2. The number of carbonyl (C=O) groups excluding carboxylic acids is 4. The number of hydrogen-bond donors (Lipinski definition) is 3. The van der Waals surface area contributed by atoms with Crippen molar-refractivity contribution < 1.29 is 80.2 Å². The van der Waals surface area contributed by atoms with Crippen molar-refractivity contribution in [3.05, 3.63) is 158 Å². The molecule has 0 rings (SSSR count). The summed E-state index contributed by atoms with van der Waals surface area (Å²) in [4.78, 5) is 73.2. The normalized spacial score (nSPS) is 14.6. The zero-order valence-corrected chi connectivity index (χ0v) is 69.3. The number of phosphoric acid groups is 2.